The highest BCUT2D eigenvalue weighted by molar-refractivity contribution is 6.30. The summed E-state index contributed by atoms with van der Waals surface area (Å²) < 4.78 is 15.7. The highest BCUT2D eigenvalue weighted by Gasteiger charge is 2.24. The topological polar surface area (TPSA) is 108 Å². The van der Waals surface area contributed by atoms with Crippen LogP contribution < -0.4 is 4.90 Å². The third-order valence-electron chi connectivity index (χ3n) is 4.80. The summed E-state index contributed by atoms with van der Waals surface area (Å²) in [5, 5.41) is 16.1. The number of morpholine rings is 1. The number of hydrogen-bond donors (Lipinski definition) is 0. The Kier molecular flexibility index (Phi) is 6.15. The monoisotopic (exact) mass is 443 g/mol. The highest BCUT2D eigenvalue weighted by atomic mass is 35.5. The van der Waals surface area contributed by atoms with Crippen LogP contribution in [0, 0.1) is 10.1 Å². The lowest BCUT2D eigenvalue weighted by molar-refractivity contribution is -0.384. The molecule has 1 fully saturated rings. The van der Waals surface area contributed by atoms with Crippen LogP contribution in [-0.4, -0.2) is 42.4 Å². The Hall–Kier alpha value is -3.43. The largest absolute Gasteiger partial charge is 0.454 e. The van der Waals surface area contributed by atoms with Crippen LogP contribution in [0.5, 0.6) is 0 Å². The summed E-state index contributed by atoms with van der Waals surface area (Å²) in [6.45, 7) is 1.93. The molecule has 0 radical (unpaired) electrons. The van der Waals surface area contributed by atoms with Gasteiger partial charge < -0.3 is 18.9 Å². The lowest BCUT2D eigenvalue weighted by Crippen LogP contribution is -2.36. The zero-order chi connectivity index (χ0) is 21.8. The van der Waals surface area contributed by atoms with Crippen LogP contribution in [0.2, 0.25) is 5.02 Å². The molecule has 31 heavy (non-hydrogen) atoms. The first kappa shape index (κ1) is 20.8. The van der Waals surface area contributed by atoms with Crippen LogP contribution in [0.4, 0.5) is 11.4 Å². The molecular formula is C21H18ClN3O6. The SMILES string of the molecule is O=C(OCc1cc(-c2ccc(Cl)cc2)no1)c1ccc(N2CCOCC2)c([N+](=O)[O-])c1. The van der Waals surface area contributed by atoms with Gasteiger partial charge in [-0.2, -0.15) is 0 Å². The number of carbonyl (C=O) groups excluding carboxylic acids is 1. The van der Waals surface area contributed by atoms with Crippen molar-refractivity contribution in [1.82, 2.24) is 5.16 Å². The number of hydrogen-bond acceptors (Lipinski definition) is 8. The Morgan fingerprint density at radius 1 is 1.16 bits per heavy atom. The Labute approximate surface area is 182 Å². The van der Waals surface area contributed by atoms with Gasteiger partial charge in [-0.3, -0.25) is 10.1 Å². The standard InChI is InChI=1S/C21H18ClN3O6/c22-16-4-1-14(2-5-16)18-12-17(31-23-18)13-30-21(26)15-3-6-19(20(11-15)25(27)28)24-7-9-29-10-8-24/h1-6,11-12H,7-10,13H2. The number of ether oxygens (including phenoxy) is 2. The van der Waals surface area contributed by atoms with E-state index in [2.05, 4.69) is 5.16 Å². The van der Waals surface area contributed by atoms with E-state index in [0.29, 0.717) is 48.5 Å². The molecule has 1 saturated heterocycles. The molecule has 10 heteroatoms. The Morgan fingerprint density at radius 3 is 2.61 bits per heavy atom. The number of nitro benzene ring substituents is 1. The minimum atomic E-state index is -0.693. The number of benzene rings is 2. The molecule has 0 aliphatic carbocycles. The fourth-order valence-electron chi connectivity index (χ4n) is 3.23. The molecule has 1 aromatic heterocycles. The predicted octanol–water partition coefficient (Wildman–Crippen LogP) is 4.10. The van der Waals surface area contributed by atoms with Crippen molar-refractivity contribution in [2.75, 3.05) is 31.2 Å². The zero-order valence-electron chi connectivity index (χ0n) is 16.3. The van der Waals surface area contributed by atoms with Gasteiger partial charge in [0, 0.05) is 35.8 Å². The molecule has 0 spiro atoms. The number of halogens is 1. The Morgan fingerprint density at radius 2 is 1.90 bits per heavy atom. The van der Waals surface area contributed by atoms with Gasteiger partial charge in [-0.25, -0.2) is 4.79 Å². The molecule has 9 nitrogen and oxygen atoms in total. The smallest absolute Gasteiger partial charge is 0.338 e. The molecule has 0 saturated carbocycles. The van der Waals surface area contributed by atoms with Gasteiger partial charge in [0.2, 0.25) is 0 Å². The highest BCUT2D eigenvalue weighted by Crippen LogP contribution is 2.30. The predicted molar refractivity (Wildman–Crippen MR) is 112 cm³/mol. The van der Waals surface area contributed by atoms with E-state index in [4.69, 9.17) is 25.6 Å². The van der Waals surface area contributed by atoms with E-state index >= 15 is 0 Å². The fourth-order valence-corrected chi connectivity index (χ4v) is 3.35. The normalized spacial score (nSPS) is 13.8. The maximum atomic E-state index is 12.4. The molecule has 2 aromatic carbocycles. The van der Waals surface area contributed by atoms with E-state index in [-0.39, 0.29) is 17.9 Å². The maximum Gasteiger partial charge on any atom is 0.338 e. The van der Waals surface area contributed by atoms with Gasteiger partial charge in [0.15, 0.2) is 12.4 Å². The van der Waals surface area contributed by atoms with Crippen molar-refractivity contribution in [1.29, 1.82) is 0 Å². The van der Waals surface area contributed by atoms with Crippen LogP contribution in [0.1, 0.15) is 16.1 Å². The number of aromatic nitrogens is 1. The first-order valence-electron chi connectivity index (χ1n) is 9.51. The van der Waals surface area contributed by atoms with Crippen LogP contribution in [0.25, 0.3) is 11.3 Å². The van der Waals surface area contributed by atoms with Crippen molar-refractivity contribution in [2.45, 2.75) is 6.61 Å². The van der Waals surface area contributed by atoms with Crippen LogP contribution >= 0.6 is 11.6 Å². The average molecular weight is 444 g/mol. The molecule has 1 aliphatic rings. The van der Waals surface area contributed by atoms with Crippen molar-refractivity contribution in [3.63, 3.8) is 0 Å². The van der Waals surface area contributed by atoms with Gasteiger partial charge in [0.05, 0.1) is 23.7 Å². The first-order chi connectivity index (χ1) is 15.0. The Bertz CT molecular complexity index is 1090. The van der Waals surface area contributed by atoms with E-state index in [9.17, 15) is 14.9 Å². The summed E-state index contributed by atoms with van der Waals surface area (Å²) in [7, 11) is 0. The molecule has 0 atom stereocenters. The molecule has 3 aromatic rings. The van der Waals surface area contributed by atoms with E-state index in [1.807, 2.05) is 4.90 Å². The third kappa shape index (κ3) is 4.84. The number of rotatable bonds is 6. The van der Waals surface area contributed by atoms with Gasteiger partial charge in [-0.05, 0) is 24.3 Å². The van der Waals surface area contributed by atoms with Gasteiger partial charge in [-0.15, -0.1) is 0 Å². The molecule has 160 valence electrons. The molecule has 0 amide bonds. The summed E-state index contributed by atoms with van der Waals surface area (Å²) in [6, 6.07) is 13.0. The lowest BCUT2D eigenvalue weighted by Gasteiger charge is -2.28. The molecule has 0 bridgehead atoms. The van der Waals surface area contributed by atoms with Crippen molar-refractivity contribution in [3.8, 4) is 11.3 Å². The van der Waals surface area contributed by atoms with Gasteiger partial charge in [0.25, 0.3) is 5.69 Å². The molecular weight excluding hydrogens is 426 g/mol. The van der Waals surface area contributed by atoms with Crippen LogP contribution in [0.3, 0.4) is 0 Å². The van der Waals surface area contributed by atoms with Gasteiger partial charge in [-0.1, -0.05) is 28.9 Å². The summed E-state index contributed by atoms with van der Waals surface area (Å²) in [5.74, 6) is -0.348. The molecule has 0 N–H and O–H groups in total. The minimum absolute atomic E-state index is 0.0844. The number of carbonyl (C=O) groups is 1. The molecule has 4 rings (SSSR count). The van der Waals surface area contributed by atoms with Crippen LogP contribution in [-0.2, 0) is 16.1 Å². The quantitative estimate of drug-likeness (QED) is 0.318. The van der Waals surface area contributed by atoms with E-state index in [1.54, 1.807) is 36.4 Å². The maximum absolute atomic E-state index is 12.4. The van der Waals surface area contributed by atoms with Crippen molar-refractivity contribution < 1.29 is 23.7 Å². The second-order valence-corrected chi connectivity index (χ2v) is 7.26. The van der Waals surface area contributed by atoms with Gasteiger partial charge in [0.1, 0.15) is 11.4 Å². The third-order valence-corrected chi connectivity index (χ3v) is 5.06. The minimum Gasteiger partial charge on any atom is -0.454 e. The summed E-state index contributed by atoms with van der Waals surface area (Å²) in [6.07, 6.45) is 0. The summed E-state index contributed by atoms with van der Waals surface area (Å²) >= 11 is 5.88. The number of anilines is 1. The lowest BCUT2D eigenvalue weighted by atomic mass is 10.1. The molecule has 0 unspecified atom stereocenters. The fraction of sp³-hybridized carbons (Fsp3) is 0.238. The Balaban J connectivity index is 1.44. The number of nitro groups is 1. The molecule has 2 heterocycles. The van der Waals surface area contributed by atoms with Crippen molar-refractivity contribution in [3.05, 3.63) is 75.0 Å². The summed E-state index contributed by atoms with van der Waals surface area (Å²) in [4.78, 5) is 25.3. The van der Waals surface area contributed by atoms with Gasteiger partial charge >= 0.3 is 5.97 Å². The number of esters is 1. The van der Waals surface area contributed by atoms with E-state index in [1.165, 1.54) is 12.1 Å². The number of nitrogens with zero attached hydrogens (tertiary/aromatic N) is 3. The zero-order valence-corrected chi connectivity index (χ0v) is 17.1. The van der Waals surface area contributed by atoms with Crippen LogP contribution in [0.15, 0.2) is 53.1 Å². The van der Waals surface area contributed by atoms with E-state index in [0.717, 1.165) is 5.56 Å². The second kappa shape index (κ2) is 9.15. The van der Waals surface area contributed by atoms with Crippen molar-refractivity contribution >= 4 is 28.9 Å². The second-order valence-electron chi connectivity index (χ2n) is 6.82. The average Bonchev–Trinajstić information content (AvgIpc) is 3.27. The van der Waals surface area contributed by atoms with Crippen molar-refractivity contribution in [2.24, 2.45) is 0 Å². The summed E-state index contributed by atoms with van der Waals surface area (Å²) in [5.41, 5.74) is 1.77. The first-order valence-corrected chi connectivity index (χ1v) is 9.89. The molecule has 1 aliphatic heterocycles. The van der Waals surface area contributed by atoms with E-state index < -0.39 is 10.9 Å².